The molecule has 1 saturated carbocycles. The van der Waals surface area contributed by atoms with Crippen LogP contribution in [0.15, 0.2) is 12.0 Å². The van der Waals surface area contributed by atoms with E-state index in [4.69, 9.17) is 14.2 Å². The summed E-state index contributed by atoms with van der Waals surface area (Å²) < 4.78 is 19.0. The first-order chi connectivity index (χ1) is 14.2. The molecule has 0 aromatic heterocycles. The van der Waals surface area contributed by atoms with E-state index in [1.54, 1.807) is 0 Å². The van der Waals surface area contributed by atoms with E-state index in [1.165, 1.54) is 102 Å². The second-order valence-electron chi connectivity index (χ2n) is 9.85. The molecule has 4 aliphatic rings. The van der Waals surface area contributed by atoms with Crippen LogP contribution in [0.4, 0.5) is 0 Å². The molecule has 3 aliphatic heterocycles. The summed E-state index contributed by atoms with van der Waals surface area (Å²) in [6.45, 7) is 6.80. The summed E-state index contributed by atoms with van der Waals surface area (Å²) in [4.78, 5) is 0. The summed E-state index contributed by atoms with van der Waals surface area (Å²) in [5.74, 6) is 2.18. The van der Waals surface area contributed by atoms with E-state index in [-0.39, 0.29) is 0 Å². The van der Waals surface area contributed by atoms with E-state index in [0.717, 1.165) is 19.1 Å². The van der Waals surface area contributed by atoms with Gasteiger partial charge in [0, 0.05) is 18.5 Å². The van der Waals surface area contributed by atoms with E-state index >= 15 is 0 Å². The molecule has 0 bridgehead atoms. The Hall–Kier alpha value is -0.230. The van der Waals surface area contributed by atoms with Crippen LogP contribution in [0.2, 0.25) is 0 Å². The summed E-state index contributed by atoms with van der Waals surface area (Å²) in [5, 5.41) is 0. The first-order valence-corrected chi connectivity index (χ1v) is 13.1. The molecule has 2 saturated heterocycles. The van der Waals surface area contributed by atoms with Crippen LogP contribution < -0.4 is 0 Å². The number of allylic oxidation sites excluding steroid dienone is 1. The Morgan fingerprint density at radius 3 is 2.41 bits per heavy atom. The molecule has 3 fully saturated rings. The molecule has 0 aromatic carbocycles. The maximum Gasteiger partial charge on any atom is 0.144 e. The largest absolute Gasteiger partial charge is 0.462 e. The molecule has 0 N–H and O–H groups in total. The van der Waals surface area contributed by atoms with E-state index in [9.17, 15) is 0 Å². The Morgan fingerprint density at radius 1 is 1.03 bits per heavy atom. The average Bonchev–Trinajstić information content (AvgIpc) is 3.56. The van der Waals surface area contributed by atoms with Gasteiger partial charge in [0.25, 0.3) is 0 Å². The molecule has 4 rings (SSSR count). The lowest BCUT2D eigenvalue weighted by atomic mass is 9.67. The first-order valence-electron chi connectivity index (χ1n) is 12.3. The molecule has 0 radical (unpaired) electrons. The van der Waals surface area contributed by atoms with Gasteiger partial charge in [-0.3, -0.25) is 0 Å². The fraction of sp³-hybridized carbons (Fsp3) is 0.917. The fourth-order valence-electron chi connectivity index (χ4n) is 5.17. The molecule has 29 heavy (non-hydrogen) atoms. The van der Waals surface area contributed by atoms with Crippen molar-refractivity contribution >= 4 is 11.9 Å². The molecule has 4 unspecified atom stereocenters. The van der Waals surface area contributed by atoms with Gasteiger partial charge in [-0.15, -0.1) is 0 Å². The van der Waals surface area contributed by atoms with Crippen molar-refractivity contribution in [2.24, 2.45) is 11.3 Å². The van der Waals surface area contributed by atoms with E-state index in [2.05, 4.69) is 11.2 Å². The molecule has 0 aromatic rings. The van der Waals surface area contributed by atoms with Gasteiger partial charge in [0.05, 0.1) is 19.3 Å². The van der Waals surface area contributed by atoms with Gasteiger partial charge in [-0.1, -0.05) is 51.9 Å². The minimum atomic E-state index is 0.388. The lowest BCUT2D eigenvalue weighted by Gasteiger charge is -2.37. The Balaban J connectivity index is 1.08. The van der Waals surface area contributed by atoms with Crippen molar-refractivity contribution in [2.45, 2.75) is 102 Å². The molecule has 1 aliphatic carbocycles. The summed E-state index contributed by atoms with van der Waals surface area (Å²) in [5.41, 5.74) is 0.826. The van der Waals surface area contributed by atoms with Crippen molar-refractivity contribution in [1.29, 1.82) is 0 Å². The van der Waals surface area contributed by atoms with Crippen LogP contribution >= 0.6 is 11.9 Å². The Kier molecular flexibility index (Phi) is 8.25. The summed E-state index contributed by atoms with van der Waals surface area (Å²) in [6, 6.07) is 0. The molecule has 5 heteroatoms. The highest BCUT2D eigenvalue weighted by atomic mass is 32.2. The molecule has 0 amide bonds. The number of hydrogen-bond acceptors (Lipinski definition) is 5. The van der Waals surface area contributed by atoms with Gasteiger partial charge in [0.1, 0.15) is 17.5 Å². The number of nitrogens with zero attached hydrogens (tertiary/aromatic N) is 1. The highest BCUT2D eigenvalue weighted by Gasteiger charge is 2.43. The number of ether oxygens (including phenoxy) is 3. The van der Waals surface area contributed by atoms with E-state index in [1.807, 2.05) is 18.2 Å². The number of rotatable bonds is 16. The van der Waals surface area contributed by atoms with Crippen molar-refractivity contribution in [3.05, 3.63) is 12.0 Å². The third-order valence-electron chi connectivity index (χ3n) is 7.07. The van der Waals surface area contributed by atoms with Crippen molar-refractivity contribution in [3.63, 3.8) is 0 Å². The fourth-order valence-corrected chi connectivity index (χ4v) is 6.18. The smallest absolute Gasteiger partial charge is 0.144 e. The van der Waals surface area contributed by atoms with Gasteiger partial charge in [0.2, 0.25) is 0 Å². The highest BCUT2D eigenvalue weighted by molar-refractivity contribution is 7.97. The Bertz CT molecular complexity index is 534. The predicted octanol–water partition coefficient (Wildman–Crippen LogP) is 6.27. The van der Waals surface area contributed by atoms with Crippen LogP contribution in [0, 0.1) is 11.3 Å². The maximum absolute atomic E-state index is 5.59. The summed E-state index contributed by atoms with van der Waals surface area (Å²) >= 11 is 1.95. The summed E-state index contributed by atoms with van der Waals surface area (Å²) in [6.07, 6.45) is 20.0. The number of epoxide rings is 2. The van der Waals surface area contributed by atoms with Crippen LogP contribution in [-0.2, 0) is 14.2 Å². The number of hydrogen-bond donors (Lipinski definition) is 0. The van der Waals surface area contributed by atoms with Crippen LogP contribution in [0.3, 0.4) is 0 Å². The lowest BCUT2D eigenvalue weighted by molar-refractivity contribution is 0.144. The van der Waals surface area contributed by atoms with Gasteiger partial charge in [-0.2, -0.15) is 0 Å². The van der Waals surface area contributed by atoms with Crippen molar-refractivity contribution in [3.8, 4) is 0 Å². The normalized spacial score (nSPS) is 32.8. The second kappa shape index (κ2) is 10.9. The van der Waals surface area contributed by atoms with Gasteiger partial charge in [0.15, 0.2) is 0 Å². The zero-order valence-corrected chi connectivity index (χ0v) is 19.2. The Morgan fingerprint density at radius 2 is 1.76 bits per heavy atom. The topological polar surface area (TPSA) is 40.8 Å². The van der Waals surface area contributed by atoms with Crippen molar-refractivity contribution < 1.29 is 14.2 Å². The van der Waals surface area contributed by atoms with Gasteiger partial charge in [-0.05, 0) is 56.4 Å². The third kappa shape index (κ3) is 7.75. The zero-order valence-electron chi connectivity index (χ0n) is 18.4. The molecule has 166 valence electrons. The summed E-state index contributed by atoms with van der Waals surface area (Å²) in [7, 11) is 0. The third-order valence-corrected chi connectivity index (χ3v) is 8.24. The average molecular weight is 424 g/mol. The lowest BCUT2D eigenvalue weighted by Crippen LogP contribution is -2.27. The van der Waals surface area contributed by atoms with E-state index < -0.39 is 0 Å². The molecule has 0 spiro atoms. The zero-order chi connectivity index (χ0) is 19.9. The highest BCUT2D eigenvalue weighted by Crippen LogP contribution is 2.52. The molecule has 4 nitrogen and oxygen atoms in total. The first kappa shape index (κ1) is 22.0. The SMILES string of the molecule is CC1CCCC(CCCCCN(CCCCCCC2CO2)SC2CO2)(C2=CO2)C1. The van der Waals surface area contributed by atoms with Gasteiger partial charge in [-0.25, -0.2) is 4.31 Å². The van der Waals surface area contributed by atoms with Crippen LogP contribution in [0.25, 0.3) is 0 Å². The molecule has 3 heterocycles. The second-order valence-corrected chi connectivity index (χ2v) is 11.1. The Labute approximate surface area is 182 Å². The van der Waals surface area contributed by atoms with Gasteiger partial charge >= 0.3 is 0 Å². The molecule has 4 atom stereocenters. The van der Waals surface area contributed by atoms with Crippen molar-refractivity contribution in [2.75, 3.05) is 26.3 Å². The van der Waals surface area contributed by atoms with Crippen LogP contribution in [0.1, 0.15) is 90.4 Å². The predicted molar refractivity (Wildman–Crippen MR) is 119 cm³/mol. The standard InChI is InChI=1S/C24H41NO3S/c1-20-10-9-13-24(16-20,22-18-27-22)12-6-4-8-15-25(29-23-19-28-23)14-7-3-2-5-11-21-17-26-21/h18,20-21,23H,2-17,19H2,1H3. The monoisotopic (exact) mass is 423 g/mol. The van der Waals surface area contributed by atoms with Gasteiger partial charge < -0.3 is 14.2 Å². The number of unbranched alkanes of at least 4 members (excludes halogenated alkanes) is 5. The van der Waals surface area contributed by atoms with Crippen LogP contribution in [-0.4, -0.2) is 42.1 Å². The van der Waals surface area contributed by atoms with E-state index in [0.29, 0.717) is 17.0 Å². The molecular formula is C24H41NO3S. The van der Waals surface area contributed by atoms with Crippen LogP contribution in [0.5, 0.6) is 0 Å². The molecular weight excluding hydrogens is 382 g/mol. The quantitative estimate of drug-likeness (QED) is 0.166. The maximum atomic E-state index is 5.59. The minimum absolute atomic E-state index is 0.388. The van der Waals surface area contributed by atoms with Crippen molar-refractivity contribution in [1.82, 2.24) is 4.31 Å². The minimum Gasteiger partial charge on any atom is -0.462 e.